The molecule has 2 heteroatoms. The summed E-state index contributed by atoms with van der Waals surface area (Å²) in [6, 6.07) is 0. The van der Waals surface area contributed by atoms with Gasteiger partial charge in [-0.3, -0.25) is 0 Å². The summed E-state index contributed by atoms with van der Waals surface area (Å²) >= 11 is 0. The van der Waals surface area contributed by atoms with Gasteiger partial charge in [0.05, 0.1) is 6.61 Å². The van der Waals surface area contributed by atoms with E-state index in [4.69, 9.17) is 4.74 Å². The van der Waals surface area contributed by atoms with Crippen LogP contribution in [0.4, 0.5) is 0 Å². The van der Waals surface area contributed by atoms with Crippen LogP contribution in [0.5, 0.6) is 0 Å². The molecule has 1 N–H and O–H groups in total. The van der Waals surface area contributed by atoms with Crippen molar-refractivity contribution in [2.45, 2.75) is 34.1 Å². The van der Waals surface area contributed by atoms with Crippen LogP contribution >= 0.6 is 0 Å². The van der Waals surface area contributed by atoms with E-state index in [2.05, 4.69) is 33.0 Å². The zero-order chi connectivity index (χ0) is 10.6. The molecule has 0 spiro atoms. The SMILES string of the molecule is CCOCC1(C)CCNCC1C(C)C. The van der Waals surface area contributed by atoms with Crippen LogP contribution in [0.15, 0.2) is 0 Å². The van der Waals surface area contributed by atoms with E-state index in [1.807, 2.05) is 0 Å². The minimum Gasteiger partial charge on any atom is -0.381 e. The highest BCUT2D eigenvalue weighted by molar-refractivity contribution is 4.89. The summed E-state index contributed by atoms with van der Waals surface area (Å²) in [4.78, 5) is 0. The van der Waals surface area contributed by atoms with Crippen LogP contribution in [-0.2, 0) is 4.74 Å². The van der Waals surface area contributed by atoms with Crippen molar-refractivity contribution < 1.29 is 4.74 Å². The Hall–Kier alpha value is -0.0800. The lowest BCUT2D eigenvalue weighted by Gasteiger charge is -2.43. The predicted molar refractivity (Wildman–Crippen MR) is 60.4 cm³/mol. The van der Waals surface area contributed by atoms with E-state index >= 15 is 0 Å². The van der Waals surface area contributed by atoms with Gasteiger partial charge in [0.25, 0.3) is 0 Å². The van der Waals surface area contributed by atoms with Crippen molar-refractivity contribution in [2.24, 2.45) is 17.3 Å². The maximum absolute atomic E-state index is 5.63. The molecule has 1 aliphatic heterocycles. The van der Waals surface area contributed by atoms with Crippen molar-refractivity contribution >= 4 is 0 Å². The summed E-state index contributed by atoms with van der Waals surface area (Å²) in [5, 5.41) is 3.49. The van der Waals surface area contributed by atoms with Crippen molar-refractivity contribution in [3.05, 3.63) is 0 Å². The highest BCUT2D eigenvalue weighted by Crippen LogP contribution is 2.38. The molecule has 1 saturated heterocycles. The highest BCUT2D eigenvalue weighted by Gasteiger charge is 2.38. The Morgan fingerprint density at radius 2 is 2.21 bits per heavy atom. The first-order chi connectivity index (χ1) is 6.60. The van der Waals surface area contributed by atoms with Gasteiger partial charge in [-0.05, 0) is 43.7 Å². The Labute approximate surface area is 88.4 Å². The first-order valence-electron chi connectivity index (χ1n) is 5.88. The zero-order valence-electron chi connectivity index (χ0n) is 10.1. The van der Waals surface area contributed by atoms with Crippen molar-refractivity contribution in [2.75, 3.05) is 26.3 Å². The van der Waals surface area contributed by atoms with Gasteiger partial charge in [0.1, 0.15) is 0 Å². The molecule has 0 aromatic carbocycles. The number of piperidine rings is 1. The smallest absolute Gasteiger partial charge is 0.0523 e. The first-order valence-corrected chi connectivity index (χ1v) is 5.88. The van der Waals surface area contributed by atoms with E-state index in [0.29, 0.717) is 5.41 Å². The molecular formula is C12H25NO. The number of hydrogen-bond donors (Lipinski definition) is 1. The van der Waals surface area contributed by atoms with E-state index in [9.17, 15) is 0 Å². The lowest BCUT2D eigenvalue weighted by atomic mass is 9.68. The predicted octanol–water partition coefficient (Wildman–Crippen LogP) is 2.29. The van der Waals surface area contributed by atoms with Gasteiger partial charge < -0.3 is 10.1 Å². The summed E-state index contributed by atoms with van der Waals surface area (Å²) in [6.45, 7) is 13.2. The summed E-state index contributed by atoms with van der Waals surface area (Å²) < 4.78 is 5.63. The van der Waals surface area contributed by atoms with Crippen LogP contribution in [0.25, 0.3) is 0 Å². The second kappa shape index (κ2) is 5.13. The average Bonchev–Trinajstić information content (AvgIpc) is 2.15. The van der Waals surface area contributed by atoms with Crippen LogP contribution < -0.4 is 5.32 Å². The molecule has 2 atom stereocenters. The number of ether oxygens (including phenoxy) is 1. The second-order valence-electron chi connectivity index (χ2n) is 5.10. The molecule has 14 heavy (non-hydrogen) atoms. The van der Waals surface area contributed by atoms with E-state index in [-0.39, 0.29) is 0 Å². The van der Waals surface area contributed by atoms with E-state index in [0.717, 1.165) is 38.1 Å². The molecule has 1 rings (SSSR count). The van der Waals surface area contributed by atoms with Gasteiger partial charge in [-0.1, -0.05) is 20.8 Å². The largest absolute Gasteiger partial charge is 0.381 e. The second-order valence-corrected chi connectivity index (χ2v) is 5.10. The summed E-state index contributed by atoms with van der Waals surface area (Å²) in [6.07, 6.45) is 1.25. The van der Waals surface area contributed by atoms with Crippen molar-refractivity contribution in [1.82, 2.24) is 5.32 Å². The van der Waals surface area contributed by atoms with Crippen LogP contribution in [0.2, 0.25) is 0 Å². The minimum absolute atomic E-state index is 0.384. The molecule has 0 aromatic rings. The number of hydrogen-bond acceptors (Lipinski definition) is 2. The molecular weight excluding hydrogens is 174 g/mol. The van der Waals surface area contributed by atoms with E-state index in [1.165, 1.54) is 6.42 Å². The zero-order valence-corrected chi connectivity index (χ0v) is 10.1. The normalized spacial score (nSPS) is 33.6. The van der Waals surface area contributed by atoms with Gasteiger partial charge in [-0.25, -0.2) is 0 Å². The Kier molecular flexibility index (Phi) is 4.39. The molecule has 0 radical (unpaired) electrons. The molecule has 1 aliphatic rings. The molecule has 0 aliphatic carbocycles. The topological polar surface area (TPSA) is 21.3 Å². The third-order valence-corrected chi connectivity index (χ3v) is 3.57. The lowest BCUT2D eigenvalue weighted by molar-refractivity contribution is -0.0116. The van der Waals surface area contributed by atoms with Crippen LogP contribution in [0.1, 0.15) is 34.1 Å². The monoisotopic (exact) mass is 199 g/mol. The van der Waals surface area contributed by atoms with Gasteiger partial charge in [0, 0.05) is 6.61 Å². The number of nitrogens with one attached hydrogen (secondary N) is 1. The fourth-order valence-electron chi connectivity index (χ4n) is 2.62. The minimum atomic E-state index is 0.384. The molecule has 84 valence electrons. The Balaban J connectivity index is 2.59. The van der Waals surface area contributed by atoms with Gasteiger partial charge in [-0.2, -0.15) is 0 Å². The third-order valence-electron chi connectivity index (χ3n) is 3.57. The summed E-state index contributed by atoms with van der Waals surface area (Å²) in [7, 11) is 0. The van der Waals surface area contributed by atoms with Crippen LogP contribution in [0.3, 0.4) is 0 Å². The van der Waals surface area contributed by atoms with Crippen LogP contribution in [-0.4, -0.2) is 26.3 Å². The van der Waals surface area contributed by atoms with Crippen molar-refractivity contribution in [3.8, 4) is 0 Å². The molecule has 2 nitrogen and oxygen atoms in total. The number of rotatable bonds is 4. The fourth-order valence-corrected chi connectivity index (χ4v) is 2.62. The summed E-state index contributed by atoms with van der Waals surface area (Å²) in [5.74, 6) is 1.50. The molecule has 0 amide bonds. The maximum Gasteiger partial charge on any atom is 0.0523 e. The fraction of sp³-hybridized carbons (Fsp3) is 1.00. The van der Waals surface area contributed by atoms with Crippen LogP contribution in [0, 0.1) is 17.3 Å². The molecule has 0 bridgehead atoms. The van der Waals surface area contributed by atoms with E-state index in [1.54, 1.807) is 0 Å². The Bertz CT molecular complexity index is 170. The Morgan fingerprint density at radius 1 is 1.50 bits per heavy atom. The highest BCUT2D eigenvalue weighted by atomic mass is 16.5. The molecule has 1 heterocycles. The molecule has 2 unspecified atom stereocenters. The molecule has 0 aromatic heterocycles. The van der Waals surface area contributed by atoms with Gasteiger partial charge in [-0.15, -0.1) is 0 Å². The van der Waals surface area contributed by atoms with Gasteiger partial charge >= 0.3 is 0 Å². The lowest BCUT2D eigenvalue weighted by Crippen LogP contribution is -2.48. The standard InChI is InChI=1S/C12H25NO/c1-5-14-9-12(4)6-7-13-8-11(12)10(2)3/h10-11,13H,5-9H2,1-4H3. The first kappa shape index (κ1) is 12.0. The van der Waals surface area contributed by atoms with Crippen molar-refractivity contribution in [3.63, 3.8) is 0 Å². The third kappa shape index (κ3) is 2.71. The van der Waals surface area contributed by atoms with E-state index < -0.39 is 0 Å². The van der Waals surface area contributed by atoms with Gasteiger partial charge in [0.15, 0.2) is 0 Å². The Morgan fingerprint density at radius 3 is 2.79 bits per heavy atom. The molecule has 1 fully saturated rings. The molecule has 0 saturated carbocycles. The average molecular weight is 199 g/mol. The van der Waals surface area contributed by atoms with Crippen molar-refractivity contribution in [1.29, 1.82) is 0 Å². The van der Waals surface area contributed by atoms with Gasteiger partial charge in [0.2, 0.25) is 0 Å². The summed E-state index contributed by atoms with van der Waals surface area (Å²) in [5.41, 5.74) is 0.384. The maximum atomic E-state index is 5.63. The quantitative estimate of drug-likeness (QED) is 0.750.